The summed E-state index contributed by atoms with van der Waals surface area (Å²) in [5.41, 5.74) is 0.759. The van der Waals surface area contributed by atoms with E-state index >= 15 is 0 Å². The lowest BCUT2D eigenvalue weighted by Crippen LogP contribution is -2.45. The monoisotopic (exact) mass is 364 g/mol. The van der Waals surface area contributed by atoms with Crippen molar-refractivity contribution in [3.05, 3.63) is 56.7 Å². The Labute approximate surface area is 143 Å². The molecule has 0 spiro atoms. The van der Waals surface area contributed by atoms with Crippen molar-refractivity contribution in [2.45, 2.75) is 6.04 Å². The number of nitrogens with one attached hydrogen (secondary N) is 1. The summed E-state index contributed by atoms with van der Waals surface area (Å²) in [7, 11) is 0. The molecule has 1 aliphatic heterocycles. The van der Waals surface area contributed by atoms with E-state index in [0.29, 0.717) is 4.34 Å². The zero-order chi connectivity index (χ0) is 14.8. The molecule has 2 nitrogen and oxygen atoms in total. The standard InChI is InChI=1S/C15H15ClF2N2S.ClH/c16-14-4-3-13(21-14)15(20-7-5-19-6-8-20)10-1-2-11(17)12(18)9-10;/h1-4,9,15,19H,5-8H2;1H/t15-;/m0./s1. The third-order valence-corrected chi connectivity index (χ3v) is 4.92. The van der Waals surface area contributed by atoms with E-state index in [9.17, 15) is 8.78 Å². The summed E-state index contributed by atoms with van der Waals surface area (Å²) in [4.78, 5) is 3.32. The summed E-state index contributed by atoms with van der Waals surface area (Å²) in [5, 5.41) is 3.30. The lowest BCUT2D eigenvalue weighted by molar-refractivity contribution is 0.200. The number of rotatable bonds is 3. The van der Waals surface area contributed by atoms with Gasteiger partial charge in [0.25, 0.3) is 0 Å². The number of hydrogen-bond donors (Lipinski definition) is 1. The van der Waals surface area contributed by atoms with Gasteiger partial charge in [-0.1, -0.05) is 17.7 Å². The maximum Gasteiger partial charge on any atom is 0.159 e. The van der Waals surface area contributed by atoms with Gasteiger partial charge in [-0.2, -0.15) is 0 Å². The summed E-state index contributed by atoms with van der Waals surface area (Å²) in [6.07, 6.45) is 0. The SMILES string of the molecule is Cl.Fc1ccc([C@@H](c2ccc(Cl)s2)N2CCNCC2)cc1F. The second kappa shape index (κ2) is 7.70. The fourth-order valence-electron chi connectivity index (χ4n) is 2.65. The number of piperazine rings is 1. The zero-order valence-electron chi connectivity index (χ0n) is 11.7. The van der Waals surface area contributed by atoms with Crippen molar-refractivity contribution in [1.82, 2.24) is 10.2 Å². The fraction of sp³-hybridized carbons (Fsp3) is 0.333. The van der Waals surface area contributed by atoms with Crippen LogP contribution in [-0.4, -0.2) is 31.1 Å². The highest BCUT2D eigenvalue weighted by Crippen LogP contribution is 2.35. The van der Waals surface area contributed by atoms with Crippen LogP contribution in [0.15, 0.2) is 30.3 Å². The highest BCUT2D eigenvalue weighted by molar-refractivity contribution is 7.16. The quantitative estimate of drug-likeness (QED) is 0.881. The van der Waals surface area contributed by atoms with Gasteiger partial charge in [-0.05, 0) is 29.8 Å². The second-order valence-electron chi connectivity index (χ2n) is 5.00. The minimum Gasteiger partial charge on any atom is -0.314 e. The molecule has 2 heterocycles. The van der Waals surface area contributed by atoms with Crippen molar-refractivity contribution in [2.75, 3.05) is 26.2 Å². The van der Waals surface area contributed by atoms with Crippen molar-refractivity contribution >= 4 is 35.3 Å². The molecule has 1 saturated heterocycles. The molecule has 1 aromatic heterocycles. The second-order valence-corrected chi connectivity index (χ2v) is 6.75. The van der Waals surface area contributed by atoms with Crippen molar-refractivity contribution < 1.29 is 8.78 Å². The lowest BCUT2D eigenvalue weighted by Gasteiger charge is -2.34. The molecule has 1 fully saturated rings. The van der Waals surface area contributed by atoms with Crippen molar-refractivity contribution in [1.29, 1.82) is 0 Å². The molecular weight excluding hydrogens is 349 g/mol. The summed E-state index contributed by atoms with van der Waals surface area (Å²) in [5.74, 6) is -1.63. The first-order chi connectivity index (χ1) is 10.1. The number of nitrogens with zero attached hydrogens (tertiary/aromatic N) is 1. The number of halogens is 4. The number of thiophene rings is 1. The zero-order valence-corrected chi connectivity index (χ0v) is 14.1. The van der Waals surface area contributed by atoms with Gasteiger partial charge in [0.15, 0.2) is 11.6 Å². The van der Waals surface area contributed by atoms with Crippen LogP contribution in [0.4, 0.5) is 8.78 Å². The molecule has 3 rings (SSSR count). The third-order valence-electron chi connectivity index (χ3n) is 3.64. The molecule has 0 saturated carbocycles. The average molecular weight is 365 g/mol. The van der Waals surface area contributed by atoms with E-state index in [1.807, 2.05) is 12.1 Å². The van der Waals surface area contributed by atoms with Gasteiger partial charge in [0.2, 0.25) is 0 Å². The van der Waals surface area contributed by atoms with Crippen LogP contribution < -0.4 is 5.32 Å². The summed E-state index contributed by atoms with van der Waals surface area (Å²) >= 11 is 7.52. The molecule has 0 aliphatic carbocycles. The molecule has 0 radical (unpaired) electrons. The highest BCUT2D eigenvalue weighted by atomic mass is 35.5. The molecular formula is C15H16Cl2F2N2S. The third kappa shape index (κ3) is 3.78. The van der Waals surface area contributed by atoms with Crippen molar-refractivity contribution in [3.8, 4) is 0 Å². The molecule has 0 unspecified atom stereocenters. The van der Waals surface area contributed by atoms with Gasteiger partial charge in [-0.25, -0.2) is 8.78 Å². The molecule has 2 aromatic rings. The summed E-state index contributed by atoms with van der Waals surface area (Å²) < 4.78 is 27.5. The van der Waals surface area contributed by atoms with Crippen molar-refractivity contribution in [3.63, 3.8) is 0 Å². The molecule has 0 amide bonds. The Morgan fingerprint density at radius 2 is 1.82 bits per heavy atom. The van der Waals surface area contributed by atoms with E-state index in [1.54, 1.807) is 6.07 Å². The van der Waals surface area contributed by atoms with Crippen molar-refractivity contribution in [2.24, 2.45) is 0 Å². The highest BCUT2D eigenvalue weighted by Gasteiger charge is 2.26. The minimum atomic E-state index is -0.818. The maximum atomic E-state index is 13.6. The smallest absolute Gasteiger partial charge is 0.159 e. The van der Waals surface area contributed by atoms with Crippen LogP contribution in [0, 0.1) is 11.6 Å². The van der Waals surface area contributed by atoms with Gasteiger partial charge in [-0.15, -0.1) is 23.7 Å². The van der Waals surface area contributed by atoms with Gasteiger partial charge in [0.05, 0.1) is 10.4 Å². The molecule has 1 aliphatic rings. The van der Waals surface area contributed by atoms with E-state index < -0.39 is 11.6 Å². The molecule has 7 heteroatoms. The Kier molecular flexibility index (Phi) is 6.17. The van der Waals surface area contributed by atoms with E-state index in [-0.39, 0.29) is 18.4 Å². The van der Waals surface area contributed by atoms with E-state index in [4.69, 9.17) is 11.6 Å². The van der Waals surface area contributed by atoms with Gasteiger partial charge in [-0.3, -0.25) is 4.90 Å². The summed E-state index contributed by atoms with van der Waals surface area (Å²) in [6, 6.07) is 7.85. The molecule has 22 heavy (non-hydrogen) atoms. The fourth-order valence-corrected chi connectivity index (χ4v) is 3.88. The topological polar surface area (TPSA) is 15.3 Å². The first-order valence-electron chi connectivity index (χ1n) is 6.80. The van der Waals surface area contributed by atoms with Crippen LogP contribution in [0.3, 0.4) is 0 Å². The van der Waals surface area contributed by atoms with Crippen LogP contribution in [0.1, 0.15) is 16.5 Å². The number of hydrogen-bond acceptors (Lipinski definition) is 3. The summed E-state index contributed by atoms with van der Waals surface area (Å²) in [6.45, 7) is 3.50. The Morgan fingerprint density at radius 3 is 2.41 bits per heavy atom. The van der Waals surface area contributed by atoms with Crippen LogP contribution in [0.5, 0.6) is 0 Å². The number of benzene rings is 1. The van der Waals surface area contributed by atoms with Gasteiger partial charge in [0.1, 0.15) is 0 Å². The lowest BCUT2D eigenvalue weighted by atomic mass is 10.0. The van der Waals surface area contributed by atoms with E-state index in [1.165, 1.54) is 23.5 Å². The van der Waals surface area contributed by atoms with E-state index in [2.05, 4.69) is 10.2 Å². The average Bonchev–Trinajstić information content (AvgIpc) is 2.90. The van der Waals surface area contributed by atoms with Gasteiger partial charge < -0.3 is 5.32 Å². The Bertz CT molecular complexity index is 630. The van der Waals surface area contributed by atoms with Crippen LogP contribution >= 0.6 is 35.3 Å². The largest absolute Gasteiger partial charge is 0.314 e. The van der Waals surface area contributed by atoms with Crippen LogP contribution in [0.2, 0.25) is 4.34 Å². The first-order valence-corrected chi connectivity index (χ1v) is 7.99. The van der Waals surface area contributed by atoms with Gasteiger partial charge in [0, 0.05) is 31.1 Å². The predicted molar refractivity (Wildman–Crippen MR) is 89.2 cm³/mol. The normalized spacial score (nSPS) is 17.0. The molecule has 1 aromatic carbocycles. The van der Waals surface area contributed by atoms with Gasteiger partial charge >= 0.3 is 0 Å². The molecule has 0 bridgehead atoms. The first kappa shape index (κ1) is 17.6. The molecule has 1 N–H and O–H groups in total. The Morgan fingerprint density at radius 1 is 1.09 bits per heavy atom. The Balaban J connectivity index is 0.00000176. The minimum absolute atomic E-state index is 0. The van der Waals surface area contributed by atoms with Crippen LogP contribution in [0.25, 0.3) is 0 Å². The van der Waals surface area contributed by atoms with E-state index in [0.717, 1.165) is 36.6 Å². The molecule has 120 valence electrons. The predicted octanol–water partition coefficient (Wildman–Crippen LogP) is 4.10. The maximum absolute atomic E-state index is 13.6. The van der Waals surface area contributed by atoms with Crippen LogP contribution in [-0.2, 0) is 0 Å². The Hall–Kier alpha value is -0.720. The molecule has 1 atom stereocenters.